The van der Waals surface area contributed by atoms with Gasteiger partial charge < -0.3 is 4.74 Å². The number of alkyl halides is 1. The van der Waals surface area contributed by atoms with Gasteiger partial charge in [-0.3, -0.25) is 0 Å². The van der Waals surface area contributed by atoms with Gasteiger partial charge in [-0.2, -0.15) is 0 Å². The number of halogens is 1. The molecule has 0 fully saturated rings. The van der Waals surface area contributed by atoms with Crippen LogP contribution in [0.1, 0.15) is 46.5 Å². The summed E-state index contributed by atoms with van der Waals surface area (Å²) >= 11 is 3.46. The SMILES string of the molecule is CC(C)CCCOCCC(C)CCBr. The van der Waals surface area contributed by atoms with E-state index in [0.29, 0.717) is 0 Å². The van der Waals surface area contributed by atoms with Gasteiger partial charge in [0.15, 0.2) is 0 Å². The maximum Gasteiger partial charge on any atom is 0.0468 e. The van der Waals surface area contributed by atoms with Crippen molar-refractivity contribution in [1.29, 1.82) is 0 Å². The zero-order valence-corrected chi connectivity index (χ0v) is 11.5. The molecule has 0 bridgehead atoms. The Morgan fingerprint density at radius 2 is 1.71 bits per heavy atom. The second-order valence-electron chi connectivity index (χ2n) is 4.52. The van der Waals surface area contributed by atoms with Crippen molar-refractivity contribution < 1.29 is 4.74 Å². The summed E-state index contributed by atoms with van der Waals surface area (Å²) in [4.78, 5) is 0. The minimum atomic E-state index is 0.791. The van der Waals surface area contributed by atoms with Crippen molar-refractivity contribution in [3.8, 4) is 0 Å². The lowest BCUT2D eigenvalue weighted by molar-refractivity contribution is 0.116. The van der Waals surface area contributed by atoms with Gasteiger partial charge in [0, 0.05) is 18.5 Å². The maximum atomic E-state index is 5.59. The zero-order valence-electron chi connectivity index (χ0n) is 9.89. The summed E-state index contributed by atoms with van der Waals surface area (Å²) < 4.78 is 5.59. The van der Waals surface area contributed by atoms with Crippen LogP contribution in [0.5, 0.6) is 0 Å². The first kappa shape index (κ1) is 14.4. The highest BCUT2D eigenvalue weighted by Crippen LogP contribution is 2.09. The van der Waals surface area contributed by atoms with Gasteiger partial charge in [-0.1, -0.05) is 36.7 Å². The lowest BCUT2D eigenvalue weighted by Gasteiger charge is -2.10. The van der Waals surface area contributed by atoms with Crippen LogP contribution in [0.2, 0.25) is 0 Å². The van der Waals surface area contributed by atoms with Gasteiger partial charge in [0.2, 0.25) is 0 Å². The smallest absolute Gasteiger partial charge is 0.0468 e. The summed E-state index contributed by atoms with van der Waals surface area (Å²) in [5.41, 5.74) is 0. The first-order valence-electron chi connectivity index (χ1n) is 5.80. The molecular weight excluding hydrogens is 240 g/mol. The van der Waals surface area contributed by atoms with Crippen LogP contribution in [0.3, 0.4) is 0 Å². The topological polar surface area (TPSA) is 9.23 Å². The van der Waals surface area contributed by atoms with E-state index in [4.69, 9.17) is 4.74 Å². The Morgan fingerprint density at radius 3 is 2.29 bits per heavy atom. The minimum absolute atomic E-state index is 0.791. The summed E-state index contributed by atoms with van der Waals surface area (Å²) in [7, 11) is 0. The lowest BCUT2D eigenvalue weighted by atomic mass is 10.1. The molecule has 0 radical (unpaired) electrons. The van der Waals surface area contributed by atoms with Crippen molar-refractivity contribution in [3.63, 3.8) is 0 Å². The average molecular weight is 265 g/mol. The molecule has 0 aromatic heterocycles. The van der Waals surface area contributed by atoms with Crippen molar-refractivity contribution in [3.05, 3.63) is 0 Å². The largest absolute Gasteiger partial charge is 0.381 e. The number of rotatable bonds is 9. The number of hydrogen-bond acceptors (Lipinski definition) is 1. The zero-order chi connectivity index (χ0) is 10.8. The van der Waals surface area contributed by atoms with E-state index in [9.17, 15) is 0 Å². The number of hydrogen-bond donors (Lipinski definition) is 0. The van der Waals surface area contributed by atoms with Gasteiger partial charge in [-0.05, 0) is 37.5 Å². The van der Waals surface area contributed by atoms with Crippen LogP contribution in [0.15, 0.2) is 0 Å². The van der Waals surface area contributed by atoms with Gasteiger partial charge in [-0.25, -0.2) is 0 Å². The Morgan fingerprint density at radius 1 is 1.00 bits per heavy atom. The van der Waals surface area contributed by atoms with Crippen LogP contribution < -0.4 is 0 Å². The fourth-order valence-corrected chi connectivity index (χ4v) is 2.09. The van der Waals surface area contributed by atoms with E-state index in [1.807, 2.05) is 0 Å². The van der Waals surface area contributed by atoms with Gasteiger partial charge in [0.05, 0.1) is 0 Å². The molecule has 0 spiro atoms. The van der Waals surface area contributed by atoms with Crippen molar-refractivity contribution in [2.75, 3.05) is 18.5 Å². The molecular formula is C12H25BrO. The summed E-state index contributed by atoms with van der Waals surface area (Å²) in [6.07, 6.45) is 4.96. The predicted molar refractivity (Wildman–Crippen MR) is 67.1 cm³/mol. The molecule has 0 amide bonds. The molecule has 1 atom stereocenters. The molecule has 0 N–H and O–H groups in total. The van der Waals surface area contributed by atoms with E-state index < -0.39 is 0 Å². The molecule has 0 aliphatic carbocycles. The fraction of sp³-hybridized carbons (Fsp3) is 1.00. The van der Waals surface area contributed by atoms with E-state index in [-0.39, 0.29) is 0 Å². The van der Waals surface area contributed by atoms with Crippen LogP contribution in [-0.2, 0) is 4.74 Å². The second kappa shape index (κ2) is 9.97. The highest BCUT2D eigenvalue weighted by Gasteiger charge is 2.00. The first-order valence-corrected chi connectivity index (χ1v) is 6.92. The highest BCUT2D eigenvalue weighted by molar-refractivity contribution is 9.09. The summed E-state index contributed by atoms with van der Waals surface area (Å²) in [5.74, 6) is 1.60. The van der Waals surface area contributed by atoms with Crippen molar-refractivity contribution in [2.45, 2.75) is 46.5 Å². The van der Waals surface area contributed by atoms with Gasteiger partial charge in [0.1, 0.15) is 0 Å². The molecule has 1 nitrogen and oxygen atoms in total. The van der Waals surface area contributed by atoms with E-state index in [1.165, 1.54) is 25.7 Å². The van der Waals surface area contributed by atoms with Crippen LogP contribution >= 0.6 is 15.9 Å². The standard InChI is InChI=1S/C12H25BrO/c1-11(2)5-4-9-14-10-7-12(3)6-8-13/h11-12H,4-10H2,1-3H3. The highest BCUT2D eigenvalue weighted by atomic mass is 79.9. The van der Waals surface area contributed by atoms with Crippen LogP contribution in [0.25, 0.3) is 0 Å². The molecule has 0 aliphatic rings. The second-order valence-corrected chi connectivity index (χ2v) is 5.31. The Hall–Kier alpha value is 0.440. The Balaban J connectivity index is 3.05. The Labute approximate surface area is 97.7 Å². The molecule has 0 aromatic rings. The molecule has 2 heteroatoms. The molecule has 0 heterocycles. The van der Waals surface area contributed by atoms with Crippen LogP contribution in [-0.4, -0.2) is 18.5 Å². The van der Waals surface area contributed by atoms with Crippen LogP contribution in [0.4, 0.5) is 0 Å². The van der Waals surface area contributed by atoms with Crippen LogP contribution in [0, 0.1) is 11.8 Å². The quantitative estimate of drug-likeness (QED) is 0.447. The van der Waals surface area contributed by atoms with Crippen molar-refractivity contribution in [2.24, 2.45) is 11.8 Å². The fourth-order valence-electron chi connectivity index (χ4n) is 1.31. The third-order valence-electron chi connectivity index (χ3n) is 2.43. The molecule has 0 rings (SSSR count). The molecule has 1 unspecified atom stereocenters. The predicted octanol–water partition coefficient (Wildman–Crippen LogP) is 4.25. The van der Waals surface area contributed by atoms with E-state index >= 15 is 0 Å². The van der Waals surface area contributed by atoms with Crippen molar-refractivity contribution >= 4 is 15.9 Å². The van der Waals surface area contributed by atoms with E-state index in [2.05, 4.69) is 36.7 Å². The van der Waals surface area contributed by atoms with E-state index in [0.717, 1.165) is 30.4 Å². The minimum Gasteiger partial charge on any atom is -0.381 e. The molecule has 0 aromatic carbocycles. The van der Waals surface area contributed by atoms with Crippen molar-refractivity contribution in [1.82, 2.24) is 0 Å². The third kappa shape index (κ3) is 10.5. The molecule has 0 saturated heterocycles. The van der Waals surface area contributed by atoms with Gasteiger partial charge >= 0.3 is 0 Å². The normalized spacial score (nSPS) is 13.5. The van der Waals surface area contributed by atoms with E-state index in [1.54, 1.807) is 0 Å². The van der Waals surface area contributed by atoms with Gasteiger partial charge in [0.25, 0.3) is 0 Å². The molecule has 14 heavy (non-hydrogen) atoms. The third-order valence-corrected chi connectivity index (χ3v) is 2.88. The molecule has 86 valence electrons. The Kier molecular flexibility index (Phi) is 10.3. The monoisotopic (exact) mass is 264 g/mol. The number of ether oxygens (including phenoxy) is 1. The summed E-state index contributed by atoms with van der Waals surface area (Å²) in [5, 5.41) is 1.11. The Bertz CT molecular complexity index is 115. The average Bonchev–Trinajstić information content (AvgIpc) is 2.11. The summed E-state index contributed by atoms with van der Waals surface area (Å²) in [6.45, 7) is 8.69. The molecule has 0 saturated carbocycles. The summed E-state index contributed by atoms with van der Waals surface area (Å²) in [6, 6.07) is 0. The van der Waals surface area contributed by atoms with Gasteiger partial charge in [-0.15, -0.1) is 0 Å². The molecule has 0 aliphatic heterocycles. The lowest BCUT2D eigenvalue weighted by Crippen LogP contribution is -2.04. The first-order chi connectivity index (χ1) is 6.66. The maximum absolute atomic E-state index is 5.59.